The van der Waals surface area contributed by atoms with Gasteiger partial charge >= 0.3 is 0 Å². The van der Waals surface area contributed by atoms with Gasteiger partial charge in [0.2, 0.25) is 5.91 Å². The molecule has 5 rings (SSSR count). The number of allylic oxidation sites excluding steroid dienone is 2. The van der Waals surface area contributed by atoms with Crippen LogP contribution in [-0.4, -0.2) is 25.9 Å². The van der Waals surface area contributed by atoms with Gasteiger partial charge in [-0.1, -0.05) is 12.5 Å². The van der Waals surface area contributed by atoms with Crippen molar-refractivity contribution in [3.63, 3.8) is 0 Å². The molecule has 0 N–H and O–H groups in total. The summed E-state index contributed by atoms with van der Waals surface area (Å²) in [6.45, 7) is 0. The molecule has 6 nitrogen and oxygen atoms in total. The number of rotatable bonds is 4. The number of anilines is 1. The standard InChI is InChI=1S/C27H28N2O4S/c1-32-22-12-11-16(13-23(22)33-2)18-14-25(31)29(20-8-6-9-21(30)26(18)20)27-19(15-28)17-7-4-3-5-10-24(17)34-27/h11-13,18H,3-10,14H2,1-2H3. The lowest BCUT2D eigenvalue weighted by molar-refractivity contribution is -0.119. The average Bonchev–Trinajstić information content (AvgIpc) is 3.02. The summed E-state index contributed by atoms with van der Waals surface area (Å²) in [6, 6.07) is 8.01. The van der Waals surface area contributed by atoms with Crippen LogP contribution in [0.25, 0.3) is 0 Å². The summed E-state index contributed by atoms with van der Waals surface area (Å²) in [4.78, 5) is 29.9. The molecule has 1 aromatic carbocycles. The van der Waals surface area contributed by atoms with E-state index in [2.05, 4.69) is 6.07 Å². The minimum absolute atomic E-state index is 0.0545. The summed E-state index contributed by atoms with van der Waals surface area (Å²) in [5.74, 6) is 0.901. The van der Waals surface area contributed by atoms with Crippen molar-refractivity contribution in [2.75, 3.05) is 19.1 Å². The van der Waals surface area contributed by atoms with Crippen LogP contribution in [0.1, 0.15) is 72.4 Å². The molecule has 0 saturated carbocycles. The van der Waals surface area contributed by atoms with Crippen LogP contribution in [0.5, 0.6) is 11.5 Å². The van der Waals surface area contributed by atoms with E-state index >= 15 is 0 Å². The van der Waals surface area contributed by atoms with E-state index in [1.165, 1.54) is 11.3 Å². The third kappa shape index (κ3) is 3.70. The van der Waals surface area contributed by atoms with Crippen molar-refractivity contribution in [3.8, 4) is 17.6 Å². The second kappa shape index (κ2) is 9.27. The fourth-order valence-electron chi connectivity index (χ4n) is 5.58. The highest BCUT2D eigenvalue weighted by atomic mass is 32.1. The quantitative estimate of drug-likeness (QED) is 0.550. The van der Waals surface area contributed by atoms with E-state index in [0.29, 0.717) is 46.9 Å². The molecule has 0 fully saturated rings. The molecule has 1 aliphatic heterocycles. The number of methoxy groups -OCH3 is 2. The minimum atomic E-state index is -0.324. The maximum atomic E-state index is 13.7. The lowest BCUT2D eigenvalue weighted by Crippen LogP contribution is -2.40. The fraction of sp³-hybridized carbons (Fsp3) is 0.444. The number of amides is 1. The first-order valence-corrected chi connectivity index (χ1v) is 12.7. The Morgan fingerprint density at radius 3 is 2.56 bits per heavy atom. The average molecular weight is 477 g/mol. The summed E-state index contributed by atoms with van der Waals surface area (Å²) in [7, 11) is 3.16. The molecule has 3 aliphatic rings. The van der Waals surface area contributed by atoms with E-state index in [4.69, 9.17) is 9.47 Å². The summed E-state index contributed by atoms with van der Waals surface area (Å²) in [5.41, 5.74) is 4.10. The van der Waals surface area contributed by atoms with Gasteiger partial charge in [-0.2, -0.15) is 5.26 Å². The van der Waals surface area contributed by atoms with Crippen LogP contribution in [-0.2, 0) is 22.4 Å². The molecule has 2 aromatic rings. The zero-order chi connectivity index (χ0) is 23.8. The molecule has 2 aliphatic carbocycles. The summed E-state index contributed by atoms with van der Waals surface area (Å²) in [6.07, 6.45) is 7.23. The number of fused-ring (bicyclic) bond motifs is 1. The van der Waals surface area contributed by atoms with Crippen LogP contribution in [0.15, 0.2) is 29.5 Å². The van der Waals surface area contributed by atoms with Crippen molar-refractivity contribution in [2.24, 2.45) is 0 Å². The number of benzene rings is 1. The highest BCUT2D eigenvalue weighted by Crippen LogP contribution is 2.48. The first-order valence-electron chi connectivity index (χ1n) is 11.9. The molecule has 1 amide bonds. The van der Waals surface area contributed by atoms with Crippen molar-refractivity contribution in [1.82, 2.24) is 0 Å². The smallest absolute Gasteiger partial charge is 0.232 e. The van der Waals surface area contributed by atoms with Gasteiger partial charge in [-0.3, -0.25) is 14.5 Å². The predicted molar refractivity (Wildman–Crippen MR) is 131 cm³/mol. The Hall–Kier alpha value is -3.11. The molecule has 0 saturated heterocycles. The molecule has 176 valence electrons. The van der Waals surface area contributed by atoms with Crippen LogP contribution in [0.2, 0.25) is 0 Å². The lowest BCUT2D eigenvalue weighted by atomic mass is 9.77. The molecule has 1 atom stereocenters. The Morgan fingerprint density at radius 1 is 1.00 bits per heavy atom. The summed E-state index contributed by atoms with van der Waals surface area (Å²) < 4.78 is 10.8. The number of ether oxygens (including phenoxy) is 2. The van der Waals surface area contributed by atoms with Crippen molar-refractivity contribution in [2.45, 2.75) is 63.7 Å². The Kier molecular flexibility index (Phi) is 6.18. The first-order chi connectivity index (χ1) is 16.6. The van der Waals surface area contributed by atoms with Crippen molar-refractivity contribution in [3.05, 3.63) is 51.0 Å². The molecule has 0 radical (unpaired) electrons. The number of carbonyl (C=O) groups excluding carboxylic acids is 2. The molecule has 0 bridgehead atoms. The van der Waals surface area contributed by atoms with E-state index in [1.54, 1.807) is 30.5 Å². The number of ketones is 1. The highest BCUT2D eigenvalue weighted by molar-refractivity contribution is 7.16. The number of thiophene rings is 1. The van der Waals surface area contributed by atoms with Gasteiger partial charge in [0, 0.05) is 34.9 Å². The molecule has 0 spiro atoms. The molecule has 7 heteroatoms. The van der Waals surface area contributed by atoms with E-state index in [0.717, 1.165) is 42.5 Å². The maximum absolute atomic E-state index is 13.7. The summed E-state index contributed by atoms with van der Waals surface area (Å²) in [5, 5.41) is 10.8. The van der Waals surface area contributed by atoms with Gasteiger partial charge in [0.1, 0.15) is 11.1 Å². The first kappa shape index (κ1) is 22.7. The van der Waals surface area contributed by atoms with E-state index in [9.17, 15) is 14.9 Å². The monoisotopic (exact) mass is 476 g/mol. The Balaban J connectivity index is 1.64. The number of hydrogen-bond donors (Lipinski definition) is 0. The Morgan fingerprint density at radius 2 is 1.79 bits per heavy atom. The Bertz CT molecular complexity index is 1240. The predicted octanol–water partition coefficient (Wildman–Crippen LogP) is 5.43. The van der Waals surface area contributed by atoms with Crippen LogP contribution >= 0.6 is 11.3 Å². The van der Waals surface area contributed by atoms with Gasteiger partial charge in [-0.15, -0.1) is 11.3 Å². The van der Waals surface area contributed by atoms with Gasteiger partial charge < -0.3 is 9.47 Å². The largest absolute Gasteiger partial charge is 0.493 e. The van der Waals surface area contributed by atoms with E-state index < -0.39 is 0 Å². The van der Waals surface area contributed by atoms with Crippen LogP contribution in [0, 0.1) is 11.3 Å². The summed E-state index contributed by atoms with van der Waals surface area (Å²) >= 11 is 1.58. The fourth-order valence-corrected chi connectivity index (χ4v) is 6.97. The third-order valence-corrected chi connectivity index (χ3v) is 8.48. The molecule has 1 aromatic heterocycles. The second-order valence-corrected chi connectivity index (χ2v) is 10.2. The Labute approximate surface area is 203 Å². The second-order valence-electron chi connectivity index (χ2n) is 9.09. The number of Topliss-reactive ketones (excluding diaryl/α,β-unsaturated/α-hetero) is 1. The molecule has 2 heterocycles. The molecule has 34 heavy (non-hydrogen) atoms. The minimum Gasteiger partial charge on any atom is -0.493 e. The van der Waals surface area contributed by atoms with E-state index in [-0.39, 0.29) is 24.0 Å². The van der Waals surface area contributed by atoms with Gasteiger partial charge in [0.05, 0.1) is 19.8 Å². The van der Waals surface area contributed by atoms with Crippen LogP contribution < -0.4 is 14.4 Å². The molecular formula is C27H28N2O4S. The zero-order valence-electron chi connectivity index (χ0n) is 19.6. The normalized spacial score (nSPS) is 20.4. The molecule has 1 unspecified atom stereocenters. The van der Waals surface area contributed by atoms with Gasteiger partial charge in [-0.05, 0) is 61.8 Å². The lowest BCUT2D eigenvalue weighted by Gasteiger charge is -2.38. The number of aryl methyl sites for hydroxylation is 1. The topological polar surface area (TPSA) is 79.6 Å². The number of nitriles is 1. The molecular weight excluding hydrogens is 448 g/mol. The van der Waals surface area contributed by atoms with E-state index in [1.807, 2.05) is 18.2 Å². The van der Waals surface area contributed by atoms with Crippen molar-refractivity contribution < 1.29 is 19.1 Å². The van der Waals surface area contributed by atoms with Crippen LogP contribution in [0.4, 0.5) is 5.00 Å². The van der Waals surface area contributed by atoms with Gasteiger partial charge in [0.15, 0.2) is 17.3 Å². The number of nitrogens with zero attached hydrogens (tertiary/aromatic N) is 2. The zero-order valence-corrected chi connectivity index (χ0v) is 20.4. The van der Waals surface area contributed by atoms with Gasteiger partial charge in [-0.25, -0.2) is 0 Å². The number of carbonyl (C=O) groups is 2. The third-order valence-electron chi connectivity index (χ3n) is 7.20. The van der Waals surface area contributed by atoms with Crippen LogP contribution in [0.3, 0.4) is 0 Å². The van der Waals surface area contributed by atoms with Crippen molar-refractivity contribution in [1.29, 1.82) is 5.26 Å². The maximum Gasteiger partial charge on any atom is 0.232 e. The van der Waals surface area contributed by atoms with Crippen molar-refractivity contribution >= 4 is 28.0 Å². The van der Waals surface area contributed by atoms with Gasteiger partial charge in [0.25, 0.3) is 0 Å². The number of hydrogen-bond acceptors (Lipinski definition) is 6. The SMILES string of the molecule is COc1ccc(C2CC(=O)N(c3sc4c(c3C#N)CCCCC4)C3=C2C(=O)CCC3)cc1OC. The highest BCUT2D eigenvalue weighted by Gasteiger charge is 2.41.